The highest BCUT2D eigenvalue weighted by Crippen LogP contribution is 2.37. The number of hydrogen-bond acceptors (Lipinski definition) is 2. The molecule has 0 saturated carbocycles. The van der Waals surface area contributed by atoms with Crippen LogP contribution in [0.1, 0.15) is 17.7 Å². The van der Waals surface area contributed by atoms with Crippen molar-refractivity contribution >= 4 is 11.8 Å². The third-order valence-corrected chi connectivity index (χ3v) is 4.66. The lowest BCUT2D eigenvalue weighted by Crippen LogP contribution is -2.28. The summed E-state index contributed by atoms with van der Waals surface area (Å²) in [6.45, 7) is 2.24. The summed E-state index contributed by atoms with van der Waals surface area (Å²) < 4.78 is 0. The van der Waals surface area contributed by atoms with Gasteiger partial charge in [0.1, 0.15) is 0 Å². The highest BCUT2D eigenvalue weighted by atomic mass is 32.2. The normalized spacial score (nSPS) is 18.5. The summed E-state index contributed by atoms with van der Waals surface area (Å²) in [5.41, 5.74) is 1.40. The van der Waals surface area contributed by atoms with Gasteiger partial charge in [-0.05, 0) is 19.5 Å². The first-order valence-electron chi connectivity index (χ1n) is 6.04. The van der Waals surface area contributed by atoms with Gasteiger partial charge in [0.25, 0.3) is 0 Å². The maximum atomic E-state index is 3.37. The van der Waals surface area contributed by atoms with E-state index in [1.807, 2.05) is 18.8 Å². The maximum Gasteiger partial charge on any atom is 0.0456 e. The Labute approximate surface area is 108 Å². The second kappa shape index (κ2) is 6.08. The van der Waals surface area contributed by atoms with E-state index in [0.29, 0.717) is 16.5 Å². The Morgan fingerprint density at radius 3 is 2.35 bits per heavy atom. The molecule has 1 aromatic rings. The van der Waals surface area contributed by atoms with Crippen molar-refractivity contribution in [3.63, 3.8) is 0 Å². The number of thioether (sulfide) groups is 1. The fourth-order valence-corrected chi connectivity index (χ4v) is 3.34. The smallest absolute Gasteiger partial charge is 0.0456 e. The summed E-state index contributed by atoms with van der Waals surface area (Å²) >= 11 is 2.00. The fraction of sp³-hybridized carbons (Fsp3) is 0.333. The SMILES string of the molecule is CN[C@@H](C)[C@H](SC1C=CC=C1)c1ccccc1. The van der Waals surface area contributed by atoms with Crippen molar-refractivity contribution in [2.24, 2.45) is 0 Å². The van der Waals surface area contributed by atoms with Crippen LogP contribution in [0.2, 0.25) is 0 Å². The maximum absolute atomic E-state index is 3.37. The zero-order chi connectivity index (χ0) is 12.1. The first-order valence-corrected chi connectivity index (χ1v) is 6.98. The summed E-state index contributed by atoms with van der Waals surface area (Å²) in [5.74, 6) is 0. The first kappa shape index (κ1) is 12.5. The third kappa shape index (κ3) is 3.24. The van der Waals surface area contributed by atoms with E-state index in [1.165, 1.54) is 5.56 Å². The molecule has 2 atom stereocenters. The number of nitrogens with one attached hydrogen (secondary N) is 1. The zero-order valence-electron chi connectivity index (χ0n) is 10.3. The van der Waals surface area contributed by atoms with Crippen LogP contribution >= 0.6 is 11.8 Å². The Kier molecular flexibility index (Phi) is 4.46. The monoisotopic (exact) mass is 245 g/mol. The molecule has 0 amide bonds. The predicted octanol–water partition coefficient (Wildman–Crippen LogP) is 3.56. The van der Waals surface area contributed by atoms with E-state index in [1.54, 1.807) is 0 Å². The molecule has 17 heavy (non-hydrogen) atoms. The van der Waals surface area contributed by atoms with Gasteiger partial charge in [-0.1, -0.05) is 54.6 Å². The molecule has 1 N–H and O–H groups in total. The van der Waals surface area contributed by atoms with Crippen molar-refractivity contribution in [2.45, 2.75) is 23.5 Å². The van der Waals surface area contributed by atoms with E-state index in [4.69, 9.17) is 0 Å². The Morgan fingerprint density at radius 2 is 1.76 bits per heavy atom. The van der Waals surface area contributed by atoms with Gasteiger partial charge in [-0.25, -0.2) is 0 Å². The summed E-state index contributed by atoms with van der Waals surface area (Å²) in [6.07, 6.45) is 8.76. The fourth-order valence-electron chi connectivity index (χ4n) is 1.95. The molecular formula is C15H19NS. The highest BCUT2D eigenvalue weighted by Gasteiger charge is 2.21. The van der Waals surface area contributed by atoms with Gasteiger partial charge < -0.3 is 5.32 Å². The molecule has 1 nitrogen and oxygen atoms in total. The topological polar surface area (TPSA) is 12.0 Å². The molecule has 0 aliphatic heterocycles. The summed E-state index contributed by atoms with van der Waals surface area (Å²) in [5, 5.41) is 4.36. The van der Waals surface area contributed by atoms with Gasteiger partial charge in [0.15, 0.2) is 0 Å². The largest absolute Gasteiger partial charge is 0.316 e. The number of benzene rings is 1. The summed E-state index contributed by atoms with van der Waals surface area (Å²) in [7, 11) is 2.03. The second-order valence-electron chi connectivity index (χ2n) is 4.28. The molecule has 2 heteroatoms. The Hall–Kier alpha value is -0.990. The number of rotatable bonds is 5. The number of likely N-dealkylation sites (N-methyl/N-ethyl adjacent to an activating group) is 1. The van der Waals surface area contributed by atoms with Crippen LogP contribution in [0.5, 0.6) is 0 Å². The van der Waals surface area contributed by atoms with E-state index < -0.39 is 0 Å². The second-order valence-corrected chi connectivity index (χ2v) is 5.60. The highest BCUT2D eigenvalue weighted by molar-refractivity contribution is 8.00. The molecule has 1 aliphatic rings. The van der Waals surface area contributed by atoms with Crippen LogP contribution in [0.3, 0.4) is 0 Å². The molecule has 1 aliphatic carbocycles. The van der Waals surface area contributed by atoms with Gasteiger partial charge in [-0.3, -0.25) is 0 Å². The molecule has 0 aromatic heterocycles. The van der Waals surface area contributed by atoms with Gasteiger partial charge in [-0.2, -0.15) is 0 Å². The predicted molar refractivity (Wildman–Crippen MR) is 77.4 cm³/mol. The van der Waals surface area contributed by atoms with Crippen LogP contribution in [0.25, 0.3) is 0 Å². The quantitative estimate of drug-likeness (QED) is 0.851. The number of allylic oxidation sites excluding steroid dienone is 2. The number of hydrogen-bond donors (Lipinski definition) is 1. The average Bonchev–Trinajstić information content (AvgIpc) is 2.89. The Morgan fingerprint density at radius 1 is 1.12 bits per heavy atom. The van der Waals surface area contributed by atoms with Gasteiger partial charge >= 0.3 is 0 Å². The molecule has 0 saturated heterocycles. The molecule has 0 unspecified atom stereocenters. The van der Waals surface area contributed by atoms with Crippen LogP contribution in [0.4, 0.5) is 0 Å². The van der Waals surface area contributed by atoms with E-state index in [9.17, 15) is 0 Å². The molecule has 0 bridgehead atoms. The lowest BCUT2D eigenvalue weighted by molar-refractivity contribution is 0.597. The van der Waals surface area contributed by atoms with Crippen molar-refractivity contribution in [1.82, 2.24) is 5.32 Å². The van der Waals surface area contributed by atoms with Gasteiger partial charge in [0, 0.05) is 16.5 Å². The van der Waals surface area contributed by atoms with Crippen LogP contribution in [0.15, 0.2) is 54.6 Å². The van der Waals surface area contributed by atoms with E-state index in [2.05, 4.69) is 66.9 Å². The summed E-state index contributed by atoms with van der Waals surface area (Å²) in [4.78, 5) is 0. The van der Waals surface area contributed by atoms with E-state index >= 15 is 0 Å². The van der Waals surface area contributed by atoms with Crippen LogP contribution in [-0.2, 0) is 0 Å². The van der Waals surface area contributed by atoms with Crippen molar-refractivity contribution in [1.29, 1.82) is 0 Å². The van der Waals surface area contributed by atoms with E-state index in [0.717, 1.165) is 0 Å². The molecule has 0 spiro atoms. The van der Waals surface area contributed by atoms with Crippen molar-refractivity contribution < 1.29 is 0 Å². The molecule has 0 fully saturated rings. The first-order chi connectivity index (χ1) is 8.31. The van der Waals surface area contributed by atoms with Crippen molar-refractivity contribution in [3.05, 3.63) is 60.2 Å². The molecular weight excluding hydrogens is 226 g/mol. The van der Waals surface area contributed by atoms with Gasteiger partial charge in [0.05, 0.1) is 0 Å². The van der Waals surface area contributed by atoms with Crippen molar-refractivity contribution in [3.8, 4) is 0 Å². The lowest BCUT2D eigenvalue weighted by Gasteiger charge is -2.25. The Balaban J connectivity index is 2.13. The third-order valence-electron chi connectivity index (χ3n) is 3.05. The van der Waals surface area contributed by atoms with Gasteiger partial charge in [0.2, 0.25) is 0 Å². The summed E-state index contributed by atoms with van der Waals surface area (Å²) in [6, 6.07) is 11.2. The van der Waals surface area contributed by atoms with Crippen molar-refractivity contribution in [2.75, 3.05) is 7.05 Å². The zero-order valence-corrected chi connectivity index (χ0v) is 11.2. The van der Waals surface area contributed by atoms with Gasteiger partial charge in [-0.15, -0.1) is 11.8 Å². The molecule has 90 valence electrons. The molecule has 0 heterocycles. The van der Waals surface area contributed by atoms with Crippen LogP contribution < -0.4 is 5.32 Å². The average molecular weight is 245 g/mol. The molecule has 1 aromatic carbocycles. The van der Waals surface area contributed by atoms with Crippen LogP contribution in [-0.4, -0.2) is 18.3 Å². The minimum atomic E-state index is 0.463. The standard InChI is InChI=1S/C15H19NS/c1-12(16-2)15(13-8-4-3-5-9-13)17-14-10-6-7-11-14/h3-12,14-16H,1-2H3/t12-,15-/m0/s1. The molecule has 2 rings (SSSR count). The van der Waals surface area contributed by atoms with Crippen LogP contribution in [0, 0.1) is 0 Å². The minimum absolute atomic E-state index is 0.463. The van der Waals surface area contributed by atoms with E-state index in [-0.39, 0.29) is 0 Å². The Bertz CT molecular complexity index is 385. The lowest BCUT2D eigenvalue weighted by atomic mass is 10.1. The minimum Gasteiger partial charge on any atom is -0.316 e. The molecule has 0 radical (unpaired) electrons.